The molecule has 1 fully saturated rings. The van der Waals surface area contributed by atoms with Gasteiger partial charge >= 0.3 is 0 Å². The predicted octanol–water partition coefficient (Wildman–Crippen LogP) is 7.69. The van der Waals surface area contributed by atoms with Gasteiger partial charge in [0.1, 0.15) is 0 Å². The van der Waals surface area contributed by atoms with Crippen LogP contribution in [0.5, 0.6) is 0 Å². The lowest BCUT2D eigenvalue weighted by Gasteiger charge is -2.26. The van der Waals surface area contributed by atoms with Crippen LogP contribution >= 0.6 is 0 Å². The van der Waals surface area contributed by atoms with Gasteiger partial charge in [0.25, 0.3) is 0 Å². The van der Waals surface area contributed by atoms with Crippen molar-refractivity contribution in [1.82, 2.24) is 10.2 Å². The smallest absolute Gasteiger partial charge is 0.247 e. The molecule has 0 atom stereocenters. The molecule has 0 radical (unpaired) electrons. The summed E-state index contributed by atoms with van der Waals surface area (Å²) in [6.07, 6.45) is 12.4. The van der Waals surface area contributed by atoms with Crippen molar-refractivity contribution in [3.63, 3.8) is 0 Å². The van der Waals surface area contributed by atoms with E-state index in [1.807, 2.05) is 0 Å². The number of aryl methyl sites for hydroxylation is 1. The molecule has 3 heteroatoms. The van der Waals surface area contributed by atoms with Gasteiger partial charge in [0.15, 0.2) is 0 Å². The van der Waals surface area contributed by atoms with Gasteiger partial charge in [-0.15, -0.1) is 10.2 Å². The number of unbranched alkanes of at least 4 members (excludes halogenated alkanes) is 4. The average molecular weight is 403 g/mol. The van der Waals surface area contributed by atoms with E-state index in [9.17, 15) is 0 Å². The molecular weight excluding hydrogens is 368 g/mol. The van der Waals surface area contributed by atoms with Crippen LogP contribution in [-0.2, 0) is 6.42 Å². The molecule has 30 heavy (non-hydrogen) atoms. The summed E-state index contributed by atoms with van der Waals surface area (Å²) in [5.74, 6) is 2.54. The third-order valence-corrected chi connectivity index (χ3v) is 6.56. The fourth-order valence-electron chi connectivity index (χ4n) is 4.66. The summed E-state index contributed by atoms with van der Waals surface area (Å²) in [5, 5.41) is 8.75. The van der Waals surface area contributed by atoms with Crippen molar-refractivity contribution in [3.8, 4) is 11.5 Å². The zero-order chi connectivity index (χ0) is 20.6. The van der Waals surface area contributed by atoms with Crippen LogP contribution in [0, 0.1) is 0 Å². The van der Waals surface area contributed by atoms with Crippen LogP contribution in [0.2, 0.25) is 0 Å². The lowest BCUT2D eigenvalue weighted by molar-refractivity contribution is 0.341. The van der Waals surface area contributed by atoms with Gasteiger partial charge in [-0.2, -0.15) is 0 Å². The molecule has 1 heterocycles. The molecule has 3 nitrogen and oxygen atoms in total. The van der Waals surface area contributed by atoms with E-state index in [-0.39, 0.29) is 0 Å². The first-order valence-electron chi connectivity index (χ1n) is 11.8. The Labute approximate surface area is 180 Å². The van der Waals surface area contributed by atoms with Crippen LogP contribution in [0.1, 0.15) is 93.6 Å². The molecule has 0 N–H and O–H groups in total. The molecule has 0 unspecified atom stereocenters. The van der Waals surface area contributed by atoms with Gasteiger partial charge in [0.05, 0.1) is 0 Å². The minimum atomic E-state index is 0.397. The molecule has 3 aromatic rings. The van der Waals surface area contributed by atoms with E-state index in [2.05, 4.69) is 71.7 Å². The van der Waals surface area contributed by atoms with E-state index in [1.54, 1.807) is 0 Å². The lowest BCUT2D eigenvalue weighted by Crippen LogP contribution is -2.12. The van der Waals surface area contributed by atoms with Gasteiger partial charge in [0.2, 0.25) is 11.8 Å². The molecule has 1 aliphatic carbocycles. The second kappa shape index (κ2) is 10.6. The molecule has 0 saturated heterocycles. The Balaban J connectivity index is 1.30. The van der Waals surface area contributed by atoms with E-state index in [0.29, 0.717) is 17.7 Å². The molecule has 1 aliphatic rings. The van der Waals surface area contributed by atoms with Gasteiger partial charge in [-0.3, -0.25) is 0 Å². The highest BCUT2D eigenvalue weighted by Gasteiger charge is 2.27. The number of rotatable bonds is 9. The molecular formula is C27H34N2O. The summed E-state index contributed by atoms with van der Waals surface area (Å²) in [7, 11) is 0. The predicted molar refractivity (Wildman–Crippen MR) is 123 cm³/mol. The Hall–Kier alpha value is -2.42. The zero-order valence-electron chi connectivity index (χ0n) is 18.2. The van der Waals surface area contributed by atoms with Crippen LogP contribution in [-0.4, -0.2) is 10.2 Å². The fraction of sp³-hybridized carbons (Fsp3) is 0.481. The highest BCUT2D eigenvalue weighted by Crippen LogP contribution is 2.40. The third kappa shape index (κ3) is 5.38. The molecule has 0 aliphatic heterocycles. The number of aromatic nitrogens is 2. The second-order valence-electron chi connectivity index (χ2n) is 8.77. The van der Waals surface area contributed by atoms with Crippen molar-refractivity contribution in [3.05, 3.63) is 71.6 Å². The highest BCUT2D eigenvalue weighted by molar-refractivity contribution is 5.53. The van der Waals surface area contributed by atoms with Crippen LogP contribution in [0.3, 0.4) is 0 Å². The summed E-state index contributed by atoms with van der Waals surface area (Å²) in [4.78, 5) is 0. The van der Waals surface area contributed by atoms with Crippen molar-refractivity contribution >= 4 is 0 Å². The van der Waals surface area contributed by atoms with E-state index < -0.39 is 0 Å². The summed E-state index contributed by atoms with van der Waals surface area (Å²) in [6.45, 7) is 2.26. The molecule has 0 bridgehead atoms. The van der Waals surface area contributed by atoms with Crippen LogP contribution < -0.4 is 0 Å². The Kier molecular flexibility index (Phi) is 7.34. The van der Waals surface area contributed by atoms with Gasteiger partial charge in [-0.1, -0.05) is 75.1 Å². The molecule has 4 rings (SSSR count). The van der Waals surface area contributed by atoms with Crippen LogP contribution in [0.4, 0.5) is 0 Å². The topological polar surface area (TPSA) is 38.9 Å². The number of nitrogens with zero attached hydrogens (tertiary/aromatic N) is 2. The SMILES string of the molecule is CCCCCCCc1ccc(-c2nnc(C3CCC(c4ccccc4)CC3)o2)cc1. The minimum absolute atomic E-state index is 0.397. The van der Waals surface area contributed by atoms with Crippen molar-refractivity contribution < 1.29 is 4.42 Å². The van der Waals surface area contributed by atoms with E-state index >= 15 is 0 Å². The van der Waals surface area contributed by atoms with Gasteiger partial charge < -0.3 is 4.42 Å². The molecule has 158 valence electrons. The number of hydrogen-bond donors (Lipinski definition) is 0. The van der Waals surface area contributed by atoms with Crippen LogP contribution in [0.15, 0.2) is 59.0 Å². The van der Waals surface area contributed by atoms with E-state index in [4.69, 9.17) is 4.42 Å². The Bertz CT molecular complexity index is 877. The summed E-state index contributed by atoms with van der Waals surface area (Å²) < 4.78 is 6.09. The Morgan fingerprint density at radius 2 is 1.47 bits per heavy atom. The van der Waals surface area contributed by atoms with Gasteiger partial charge in [0, 0.05) is 11.5 Å². The second-order valence-corrected chi connectivity index (χ2v) is 8.77. The summed E-state index contributed by atoms with van der Waals surface area (Å²) >= 11 is 0. The van der Waals surface area contributed by atoms with Crippen molar-refractivity contribution in [1.29, 1.82) is 0 Å². The molecule has 1 saturated carbocycles. The maximum Gasteiger partial charge on any atom is 0.247 e. The normalized spacial score (nSPS) is 19.1. The van der Waals surface area contributed by atoms with Gasteiger partial charge in [-0.05, 0) is 67.7 Å². The highest BCUT2D eigenvalue weighted by atomic mass is 16.4. The Morgan fingerprint density at radius 3 is 2.20 bits per heavy atom. The van der Waals surface area contributed by atoms with E-state index in [0.717, 1.165) is 30.7 Å². The first-order chi connectivity index (χ1) is 14.8. The monoisotopic (exact) mass is 402 g/mol. The largest absolute Gasteiger partial charge is 0.420 e. The third-order valence-electron chi connectivity index (χ3n) is 6.56. The fourth-order valence-corrected chi connectivity index (χ4v) is 4.66. The number of hydrogen-bond acceptors (Lipinski definition) is 3. The first kappa shape index (κ1) is 20.8. The van der Waals surface area contributed by atoms with Crippen molar-refractivity contribution in [2.45, 2.75) is 83.0 Å². The molecule has 1 aromatic heterocycles. The minimum Gasteiger partial charge on any atom is -0.420 e. The average Bonchev–Trinajstić information content (AvgIpc) is 3.30. The van der Waals surface area contributed by atoms with Crippen molar-refractivity contribution in [2.75, 3.05) is 0 Å². The Morgan fingerprint density at radius 1 is 0.767 bits per heavy atom. The number of benzene rings is 2. The van der Waals surface area contributed by atoms with Crippen molar-refractivity contribution in [2.24, 2.45) is 0 Å². The zero-order valence-corrected chi connectivity index (χ0v) is 18.2. The summed E-state index contributed by atoms with van der Waals surface area (Å²) in [5.41, 5.74) is 3.89. The molecule has 0 amide bonds. The molecule has 0 spiro atoms. The maximum atomic E-state index is 6.09. The van der Waals surface area contributed by atoms with Crippen LogP contribution in [0.25, 0.3) is 11.5 Å². The molecule has 2 aromatic carbocycles. The standard InChI is InChI=1S/C27H34N2O/c1-2-3-4-5-7-10-21-13-15-24(16-14-21)26-28-29-27(30-26)25-19-17-23(18-20-25)22-11-8-6-9-12-22/h6,8-9,11-16,23,25H,2-5,7,10,17-20H2,1H3. The first-order valence-corrected chi connectivity index (χ1v) is 11.8. The lowest BCUT2D eigenvalue weighted by atomic mass is 9.79. The summed E-state index contributed by atoms with van der Waals surface area (Å²) in [6, 6.07) is 19.6. The van der Waals surface area contributed by atoms with Gasteiger partial charge in [-0.25, -0.2) is 0 Å². The quantitative estimate of drug-likeness (QED) is 0.344. The maximum absolute atomic E-state index is 6.09. The van der Waals surface area contributed by atoms with E-state index in [1.165, 1.54) is 56.1 Å².